The van der Waals surface area contributed by atoms with Gasteiger partial charge in [0.25, 0.3) is 11.8 Å². The molecule has 0 radical (unpaired) electrons. The Morgan fingerprint density at radius 1 is 0.963 bits per heavy atom. The third-order valence-corrected chi connectivity index (χ3v) is 4.66. The van der Waals surface area contributed by atoms with Gasteiger partial charge in [-0.05, 0) is 30.5 Å². The van der Waals surface area contributed by atoms with Gasteiger partial charge >= 0.3 is 6.09 Å². The van der Waals surface area contributed by atoms with Crippen molar-refractivity contribution in [3.63, 3.8) is 0 Å². The first-order valence-corrected chi connectivity index (χ1v) is 8.68. The van der Waals surface area contributed by atoms with Crippen LogP contribution in [-0.4, -0.2) is 35.1 Å². The number of nitrogens with one attached hydrogen (secondary N) is 1. The van der Waals surface area contributed by atoms with Crippen molar-refractivity contribution >= 4 is 17.9 Å². The Morgan fingerprint density at radius 2 is 1.56 bits per heavy atom. The molecule has 7 heteroatoms. The molecule has 1 saturated carbocycles. The van der Waals surface area contributed by atoms with Crippen molar-refractivity contribution in [1.82, 2.24) is 10.4 Å². The van der Waals surface area contributed by atoms with Crippen LogP contribution >= 0.6 is 0 Å². The van der Waals surface area contributed by atoms with Crippen LogP contribution in [-0.2, 0) is 16.2 Å². The summed E-state index contributed by atoms with van der Waals surface area (Å²) in [5, 5.41) is 3.54. The summed E-state index contributed by atoms with van der Waals surface area (Å²) in [6.45, 7) is 0.195. The fourth-order valence-electron chi connectivity index (χ4n) is 2.90. The van der Waals surface area contributed by atoms with Gasteiger partial charge in [0, 0.05) is 0 Å². The highest BCUT2D eigenvalue weighted by atomic mass is 16.7. The molecule has 0 bridgehead atoms. The monoisotopic (exact) mass is 366 g/mol. The Morgan fingerprint density at radius 3 is 2.15 bits per heavy atom. The van der Waals surface area contributed by atoms with Crippen LogP contribution < -0.4 is 5.32 Å². The maximum atomic E-state index is 12.3. The fraction of sp³-hybridized carbons (Fsp3) is 0.250. The lowest BCUT2D eigenvalue weighted by atomic mass is 10.1. The van der Waals surface area contributed by atoms with Gasteiger partial charge in [-0.3, -0.25) is 14.4 Å². The van der Waals surface area contributed by atoms with Crippen LogP contribution in [0.25, 0.3) is 0 Å². The van der Waals surface area contributed by atoms with Crippen molar-refractivity contribution in [3.05, 3.63) is 71.3 Å². The second-order valence-electron chi connectivity index (χ2n) is 6.69. The molecule has 2 aromatic rings. The second-order valence-corrected chi connectivity index (χ2v) is 6.69. The van der Waals surface area contributed by atoms with Crippen molar-refractivity contribution < 1.29 is 24.0 Å². The number of nitrogens with zero attached hydrogens (tertiary/aromatic N) is 1. The molecule has 4 rings (SSSR count). The van der Waals surface area contributed by atoms with Gasteiger partial charge in [-0.1, -0.05) is 42.5 Å². The predicted molar refractivity (Wildman–Crippen MR) is 94.6 cm³/mol. The Bertz CT molecular complexity index is 857. The van der Waals surface area contributed by atoms with E-state index in [1.54, 1.807) is 24.3 Å². The average Bonchev–Trinajstić information content (AvgIpc) is 3.41. The molecule has 0 aromatic heterocycles. The number of carbonyl (C=O) groups excluding carboxylic acids is 3. The van der Waals surface area contributed by atoms with Crippen LogP contribution in [0.5, 0.6) is 0 Å². The van der Waals surface area contributed by atoms with Crippen molar-refractivity contribution in [2.45, 2.75) is 25.0 Å². The lowest BCUT2D eigenvalue weighted by Crippen LogP contribution is -2.43. The van der Waals surface area contributed by atoms with E-state index < -0.39 is 23.4 Å². The van der Waals surface area contributed by atoms with Crippen molar-refractivity contribution in [2.75, 3.05) is 6.61 Å². The summed E-state index contributed by atoms with van der Waals surface area (Å²) < 4.78 is 5.22. The van der Waals surface area contributed by atoms with Crippen molar-refractivity contribution in [2.24, 2.45) is 0 Å². The van der Waals surface area contributed by atoms with E-state index in [0.717, 1.165) is 10.6 Å². The molecule has 3 amide bonds. The van der Waals surface area contributed by atoms with E-state index >= 15 is 0 Å². The molecular formula is C20H18N2O5. The molecule has 1 N–H and O–H groups in total. The number of alkyl carbamates (subject to hydrolysis) is 1. The summed E-state index contributed by atoms with van der Waals surface area (Å²) in [6.07, 6.45) is 0.829. The number of hydroxylamine groups is 2. The summed E-state index contributed by atoms with van der Waals surface area (Å²) in [6, 6.07) is 15.9. The number of fused-ring (bicyclic) bond motifs is 1. The Kier molecular flexibility index (Phi) is 4.37. The summed E-state index contributed by atoms with van der Waals surface area (Å²) in [5.41, 5.74) is 0.924. The Labute approximate surface area is 155 Å². The lowest BCUT2D eigenvalue weighted by molar-refractivity contribution is -0.0998. The van der Waals surface area contributed by atoms with Crippen LogP contribution in [0.3, 0.4) is 0 Å². The van der Waals surface area contributed by atoms with E-state index in [1.165, 1.54) is 0 Å². The number of hydrogen-bond donors (Lipinski definition) is 1. The minimum absolute atomic E-state index is 0.0267. The Balaban J connectivity index is 1.30. The molecular weight excluding hydrogens is 348 g/mol. The fourth-order valence-corrected chi connectivity index (χ4v) is 2.90. The van der Waals surface area contributed by atoms with Crippen LogP contribution in [0.1, 0.15) is 39.1 Å². The summed E-state index contributed by atoms with van der Waals surface area (Å²) in [4.78, 5) is 42.1. The van der Waals surface area contributed by atoms with E-state index in [1.807, 2.05) is 30.3 Å². The molecule has 1 fully saturated rings. The zero-order valence-corrected chi connectivity index (χ0v) is 14.5. The molecule has 7 nitrogen and oxygen atoms in total. The van der Waals surface area contributed by atoms with Gasteiger partial charge in [0.15, 0.2) is 0 Å². The maximum Gasteiger partial charge on any atom is 0.407 e. The molecule has 27 heavy (non-hydrogen) atoms. The SMILES string of the molecule is O=C(NC1(CON2C(=O)c3ccccc3C2=O)CC1)OCc1ccccc1. The molecule has 2 aromatic carbocycles. The summed E-state index contributed by atoms with van der Waals surface area (Å²) >= 11 is 0. The van der Waals surface area contributed by atoms with Gasteiger partial charge in [-0.25, -0.2) is 4.79 Å². The molecule has 138 valence electrons. The third-order valence-electron chi connectivity index (χ3n) is 4.66. The highest BCUT2D eigenvalue weighted by molar-refractivity contribution is 6.20. The molecule has 0 atom stereocenters. The van der Waals surface area contributed by atoms with Crippen molar-refractivity contribution in [1.29, 1.82) is 0 Å². The number of ether oxygens (including phenoxy) is 1. The standard InChI is InChI=1S/C20H18N2O5/c23-17-15-8-4-5-9-16(15)18(24)22(17)27-13-20(10-11-20)21-19(25)26-12-14-6-2-1-3-7-14/h1-9H,10-13H2,(H,21,25). The minimum atomic E-state index is -0.608. The predicted octanol–water partition coefficient (Wildman–Crippen LogP) is 2.67. The highest BCUT2D eigenvalue weighted by Crippen LogP contribution is 2.36. The van der Waals surface area contributed by atoms with Gasteiger partial charge in [-0.15, -0.1) is 5.06 Å². The largest absolute Gasteiger partial charge is 0.445 e. The molecule has 0 spiro atoms. The smallest absolute Gasteiger partial charge is 0.407 e. The molecule has 2 aliphatic rings. The van der Waals surface area contributed by atoms with Crippen LogP contribution in [0.2, 0.25) is 0 Å². The van der Waals surface area contributed by atoms with E-state index in [2.05, 4.69) is 5.32 Å². The zero-order valence-electron chi connectivity index (χ0n) is 14.5. The quantitative estimate of drug-likeness (QED) is 0.795. The lowest BCUT2D eigenvalue weighted by Gasteiger charge is -2.20. The number of amides is 3. The van der Waals surface area contributed by atoms with E-state index in [-0.39, 0.29) is 13.2 Å². The number of benzene rings is 2. The molecule has 1 aliphatic heterocycles. The van der Waals surface area contributed by atoms with E-state index in [9.17, 15) is 14.4 Å². The first kappa shape index (κ1) is 17.2. The van der Waals surface area contributed by atoms with Crippen molar-refractivity contribution in [3.8, 4) is 0 Å². The molecule has 1 aliphatic carbocycles. The van der Waals surface area contributed by atoms with E-state index in [0.29, 0.717) is 24.0 Å². The zero-order chi connectivity index (χ0) is 18.9. The topological polar surface area (TPSA) is 84.9 Å². The minimum Gasteiger partial charge on any atom is -0.445 e. The first-order chi connectivity index (χ1) is 13.1. The van der Waals surface area contributed by atoms with Gasteiger partial charge in [0.1, 0.15) is 6.61 Å². The van der Waals surface area contributed by atoms with Crippen LogP contribution in [0, 0.1) is 0 Å². The van der Waals surface area contributed by atoms with Crippen LogP contribution in [0.15, 0.2) is 54.6 Å². The van der Waals surface area contributed by atoms with Gasteiger partial charge in [0.2, 0.25) is 0 Å². The Hall–Kier alpha value is -3.19. The van der Waals surface area contributed by atoms with Gasteiger partial charge in [-0.2, -0.15) is 0 Å². The normalized spacial score (nSPS) is 16.8. The summed E-state index contributed by atoms with van der Waals surface area (Å²) in [7, 11) is 0. The molecule has 0 saturated heterocycles. The third kappa shape index (κ3) is 3.54. The van der Waals surface area contributed by atoms with E-state index in [4.69, 9.17) is 9.57 Å². The molecule has 1 heterocycles. The van der Waals surface area contributed by atoms with Gasteiger partial charge in [0.05, 0.1) is 23.3 Å². The number of carbonyl (C=O) groups is 3. The average molecular weight is 366 g/mol. The molecule has 0 unspecified atom stereocenters. The summed E-state index contributed by atoms with van der Waals surface area (Å²) in [5.74, 6) is -0.976. The maximum absolute atomic E-state index is 12.3. The van der Waals surface area contributed by atoms with Crippen LogP contribution in [0.4, 0.5) is 4.79 Å². The number of hydrogen-bond acceptors (Lipinski definition) is 5. The number of rotatable bonds is 6. The second kappa shape index (κ2) is 6.85. The van der Waals surface area contributed by atoms with Gasteiger partial charge < -0.3 is 10.1 Å². The first-order valence-electron chi connectivity index (χ1n) is 8.68. The number of imide groups is 1. The highest BCUT2D eigenvalue weighted by Gasteiger charge is 2.47.